The highest BCUT2D eigenvalue weighted by Crippen LogP contribution is 2.28. The van der Waals surface area contributed by atoms with E-state index >= 15 is 0 Å². The Morgan fingerprint density at radius 2 is 2.35 bits per heavy atom. The summed E-state index contributed by atoms with van der Waals surface area (Å²) >= 11 is 0. The van der Waals surface area contributed by atoms with Crippen LogP contribution in [0.5, 0.6) is 0 Å². The van der Waals surface area contributed by atoms with Crippen LogP contribution in [0.2, 0.25) is 0 Å². The van der Waals surface area contributed by atoms with Gasteiger partial charge in [0.05, 0.1) is 18.4 Å². The largest absolute Gasteiger partial charge is 0.499 e. The zero-order chi connectivity index (χ0) is 12.7. The fourth-order valence-electron chi connectivity index (χ4n) is 2.15. The van der Waals surface area contributed by atoms with E-state index in [2.05, 4.69) is 11.6 Å². The van der Waals surface area contributed by atoms with Gasteiger partial charge in [-0.05, 0) is 38.2 Å². The summed E-state index contributed by atoms with van der Waals surface area (Å²) in [5.74, 6) is 1.50. The van der Waals surface area contributed by atoms with Gasteiger partial charge in [0.2, 0.25) is 0 Å². The maximum Gasteiger partial charge on any atom is 0.171 e. The van der Waals surface area contributed by atoms with Gasteiger partial charge in [0.15, 0.2) is 6.29 Å². The first kappa shape index (κ1) is 14.4. The van der Waals surface area contributed by atoms with Crippen LogP contribution in [0.25, 0.3) is 0 Å². The number of aliphatic hydroxyl groups is 1. The number of allylic oxidation sites excluding steroid dienone is 2. The van der Waals surface area contributed by atoms with Gasteiger partial charge in [-0.1, -0.05) is 0 Å². The fraction of sp³-hybridized carbons (Fsp3) is 0.833. The van der Waals surface area contributed by atoms with Crippen molar-refractivity contribution in [3.05, 3.63) is 11.8 Å². The Labute approximate surface area is 102 Å². The van der Waals surface area contributed by atoms with Gasteiger partial charge in [-0.15, -0.1) is 0 Å². The highest BCUT2D eigenvalue weighted by atomic mass is 16.6. The molecule has 0 aromatic heterocycles. The van der Waals surface area contributed by atoms with Crippen LogP contribution in [0.3, 0.4) is 0 Å². The van der Waals surface area contributed by atoms with E-state index in [-0.39, 0.29) is 0 Å². The molecule has 0 saturated carbocycles. The summed E-state index contributed by atoms with van der Waals surface area (Å²) in [6.07, 6.45) is 4.67. The Balaban J connectivity index is 2.38. The lowest BCUT2D eigenvalue weighted by Gasteiger charge is -2.27. The van der Waals surface area contributed by atoms with Crippen LogP contribution in [-0.2, 0) is 9.47 Å². The van der Waals surface area contributed by atoms with E-state index in [1.54, 1.807) is 0 Å². The van der Waals surface area contributed by atoms with E-state index in [0.717, 1.165) is 25.0 Å². The second kappa shape index (κ2) is 7.66. The third-order valence-corrected chi connectivity index (χ3v) is 3.15. The molecule has 0 fully saturated rings. The summed E-state index contributed by atoms with van der Waals surface area (Å²) in [5, 5.41) is 18.5. The molecule has 0 aromatic carbocycles. The normalized spacial score (nSPS) is 24.0. The maximum atomic E-state index is 9.50. The highest BCUT2D eigenvalue weighted by Gasteiger charge is 2.24. The molecule has 0 heterocycles. The van der Waals surface area contributed by atoms with Crippen molar-refractivity contribution >= 4 is 0 Å². The summed E-state index contributed by atoms with van der Waals surface area (Å²) in [6, 6.07) is -0.438. The highest BCUT2D eigenvalue weighted by molar-refractivity contribution is 4.99. The number of hydroxylamine groups is 1. The van der Waals surface area contributed by atoms with E-state index in [9.17, 15) is 5.11 Å². The number of aliphatic hydroxyl groups excluding tert-OH is 1. The number of hydrogen-bond donors (Lipinski definition) is 3. The molecule has 1 rings (SSSR count). The first-order chi connectivity index (χ1) is 8.21. The zero-order valence-electron chi connectivity index (χ0n) is 10.6. The standard InChI is InChI=1S/C12H23NO4/c1-3-17-10-6-4-9(5-7-10)8-11(13-15)12(14)16-2/h6,9,11-15H,3-5,7-8H2,1-2H3/t9?,11-,12?/m0/s1. The molecule has 17 heavy (non-hydrogen) atoms. The van der Waals surface area contributed by atoms with Crippen LogP contribution in [0.1, 0.15) is 32.6 Å². The van der Waals surface area contributed by atoms with Crippen LogP contribution in [0, 0.1) is 5.92 Å². The predicted molar refractivity (Wildman–Crippen MR) is 63.4 cm³/mol. The first-order valence-corrected chi connectivity index (χ1v) is 6.13. The first-order valence-electron chi connectivity index (χ1n) is 6.13. The van der Waals surface area contributed by atoms with Gasteiger partial charge < -0.3 is 19.8 Å². The SMILES string of the molecule is CCOC1=CCC(C[C@H](NO)C(O)OC)CC1. The minimum absolute atomic E-state index is 0.438. The monoisotopic (exact) mass is 245 g/mol. The number of methoxy groups -OCH3 is 1. The second-order valence-electron chi connectivity index (χ2n) is 4.34. The summed E-state index contributed by atoms with van der Waals surface area (Å²) < 4.78 is 10.3. The van der Waals surface area contributed by atoms with Gasteiger partial charge in [-0.3, -0.25) is 0 Å². The van der Waals surface area contributed by atoms with Crippen molar-refractivity contribution in [2.75, 3.05) is 13.7 Å². The molecule has 1 aliphatic rings. The molecule has 0 amide bonds. The molecule has 3 N–H and O–H groups in total. The molecule has 0 radical (unpaired) electrons. The van der Waals surface area contributed by atoms with Crippen LogP contribution >= 0.6 is 0 Å². The van der Waals surface area contributed by atoms with Gasteiger partial charge in [-0.25, -0.2) is 0 Å². The number of rotatable bonds is 7. The van der Waals surface area contributed by atoms with E-state index in [0.29, 0.717) is 18.9 Å². The van der Waals surface area contributed by atoms with Crippen LogP contribution < -0.4 is 5.48 Å². The minimum Gasteiger partial charge on any atom is -0.499 e. The molecule has 5 nitrogen and oxygen atoms in total. The van der Waals surface area contributed by atoms with Crippen LogP contribution in [0.15, 0.2) is 11.8 Å². The fourth-order valence-corrected chi connectivity index (χ4v) is 2.15. The molecular weight excluding hydrogens is 222 g/mol. The van der Waals surface area contributed by atoms with Gasteiger partial charge >= 0.3 is 0 Å². The molecule has 3 atom stereocenters. The van der Waals surface area contributed by atoms with Crippen molar-refractivity contribution in [3.8, 4) is 0 Å². The van der Waals surface area contributed by atoms with E-state index < -0.39 is 12.3 Å². The van der Waals surface area contributed by atoms with E-state index in [1.807, 2.05) is 6.92 Å². The number of nitrogens with one attached hydrogen (secondary N) is 1. The van der Waals surface area contributed by atoms with E-state index in [4.69, 9.17) is 14.7 Å². The predicted octanol–water partition coefficient (Wildman–Crippen LogP) is 1.41. The average molecular weight is 245 g/mol. The molecule has 0 aliphatic heterocycles. The molecule has 0 saturated heterocycles. The minimum atomic E-state index is -0.975. The molecule has 5 heteroatoms. The van der Waals surface area contributed by atoms with Gasteiger partial charge in [-0.2, -0.15) is 5.48 Å². The second-order valence-corrected chi connectivity index (χ2v) is 4.34. The number of hydrogen-bond acceptors (Lipinski definition) is 5. The van der Waals surface area contributed by atoms with Crippen molar-refractivity contribution < 1.29 is 19.8 Å². The van der Waals surface area contributed by atoms with Crippen molar-refractivity contribution in [3.63, 3.8) is 0 Å². The molecule has 0 spiro atoms. The Bertz CT molecular complexity index is 245. The Hall–Kier alpha value is -0.620. The van der Waals surface area contributed by atoms with E-state index in [1.165, 1.54) is 7.11 Å². The Morgan fingerprint density at radius 1 is 1.59 bits per heavy atom. The van der Waals surface area contributed by atoms with Crippen molar-refractivity contribution in [2.45, 2.75) is 44.9 Å². The lowest BCUT2D eigenvalue weighted by Crippen LogP contribution is -2.40. The lowest BCUT2D eigenvalue weighted by molar-refractivity contribution is -0.124. The Kier molecular flexibility index (Phi) is 6.50. The molecule has 1 aliphatic carbocycles. The topological polar surface area (TPSA) is 71.0 Å². The third kappa shape index (κ3) is 4.63. The third-order valence-electron chi connectivity index (χ3n) is 3.15. The Morgan fingerprint density at radius 3 is 2.82 bits per heavy atom. The lowest BCUT2D eigenvalue weighted by atomic mass is 9.88. The number of ether oxygens (including phenoxy) is 2. The average Bonchev–Trinajstić information content (AvgIpc) is 2.37. The van der Waals surface area contributed by atoms with Crippen molar-refractivity contribution in [2.24, 2.45) is 5.92 Å². The van der Waals surface area contributed by atoms with Gasteiger partial charge in [0.25, 0.3) is 0 Å². The smallest absolute Gasteiger partial charge is 0.171 e. The van der Waals surface area contributed by atoms with Gasteiger partial charge in [0.1, 0.15) is 0 Å². The van der Waals surface area contributed by atoms with Crippen molar-refractivity contribution in [1.29, 1.82) is 0 Å². The molecular formula is C12H23NO4. The summed E-state index contributed by atoms with van der Waals surface area (Å²) in [6.45, 7) is 2.69. The molecule has 100 valence electrons. The van der Waals surface area contributed by atoms with Gasteiger partial charge in [0, 0.05) is 13.5 Å². The molecule has 2 unspecified atom stereocenters. The summed E-state index contributed by atoms with van der Waals surface area (Å²) in [7, 11) is 1.42. The molecule has 0 aromatic rings. The maximum absolute atomic E-state index is 9.50. The zero-order valence-corrected chi connectivity index (χ0v) is 10.6. The summed E-state index contributed by atoms with van der Waals surface area (Å²) in [4.78, 5) is 0. The molecule has 0 bridgehead atoms. The van der Waals surface area contributed by atoms with Crippen LogP contribution in [-0.4, -0.2) is 36.4 Å². The quantitative estimate of drug-likeness (QED) is 0.467. The van der Waals surface area contributed by atoms with Crippen LogP contribution in [0.4, 0.5) is 0 Å². The summed E-state index contributed by atoms with van der Waals surface area (Å²) in [5.41, 5.74) is 2.11. The van der Waals surface area contributed by atoms with Crippen molar-refractivity contribution in [1.82, 2.24) is 5.48 Å².